The van der Waals surface area contributed by atoms with E-state index in [2.05, 4.69) is 24.5 Å². The summed E-state index contributed by atoms with van der Waals surface area (Å²) >= 11 is 1.64. The van der Waals surface area contributed by atoms with Gasteiger partial charge in [-0.25, -0.2) is 4.99 Å². The number of thiazole rings is 1. The van der Waals surface area contributed by atoms with Gasteiger partial charge in [0.1, 0.15) is 5.75 Å². The first-order valence-electron chi connectivity index (χ1n) is 8.20. The van der Waals surface area contributed by atoms with E-state index in [0.29, 0.717) is 6.54 Å². The molecule has 0 aliphatic carbocycles. The van der Waals surface area contributed by atoms with Crippen molar-refractivity contribution in [3.05, 3.63) is 63.8 Å². The van der Waals surface area contributed by atoms with E-state index in [-0.39, 0.29) is 6.61 Å². The number of aliphatic hydroxyl groups excluding tert-OH is 1. The fourth-order valence-corrected chi connectivity index (χ4v) is 3.85. The van der Waals surface area contributed by atoms with Crippen molar-refractivity contribution in [2.45, 2.75) is 20.4 Å². The first-order valence-corrected chi connectivity index (χ1v) is 9.01. The zero-order valence-electron chi connectivity index (χ0n) is 14.7. The van der Waals surface area contributed by atoms with Crippen molar-refractivity contribution in [1.29, 1.82) is 0 Å². The van der Waals surface area contributed by atoms with E-state index in [4.69, 9.17) is 9.73 Å². The highest BCUT2D eigenvalue weighted by atomic mass is 32.1. The molecule has 0 radical (unpaired) electrons. The van der Waals surface area contributed by atoms with E-state index in [1.165, 1.54) is 4.88 Å². The number of hydrogen-bond acceptors (Lipinski definition) is 4. The Bertz CT molecular complexity index is 924. The average Bonchev–Trinajstić information content (AvgIpc) is 2.93. The standard InChI is InChI=1S/C20H22N2O2S/c1-14-6-4-5-7-18(14)21-20-22(12-13-23)19(15(2)25-20)16-8-10-17(24-3)11-9-16/h4-11,23H,12-13H2,1-3H3. The molecule has 3 aromatic rings. The summed E-state index contributed by atoms with van der Waals surface area (Å²) in [5.74, 6) is 0.829. The van der Waals surface area contributed by atoms with Crippen LogP contribution in [0.25, 0.3) is 11.3 Å². The van der Waals surface area contributed by atoms with Crippen LogP contribution in [0, 0.1) is 13.8 Å². The van der Waals surface area contributed by atoms with Crippen LogP contribution in [0.3, 0.4) is 0 Å². The topological polar surface area (TPSA) is 46.8 Å². The third-order valence-electron chi connectivity index (χ3n) is 4.10. The fraction of sp³-hybridized carbons (Fsp3) is 0.250. The maximum atomic E-state index is 9.55. The van der Waals surface area contributed by atoms with Crippen LogP contribution in [0.4, 0.5) is 5.69 Å². The van der Waals surface area contributed by atoms with Gasteiger partial charge in [-0.1, -0.05) is 18.2 Å². The Morgan fingerprint density at radius 1 is 1.08 bits per heavy atom. The maximum Gasteiger partial charge on any atom is 0.190 e. The molecule has 0 aliphatic heterocycles. The van der Waals surface area contributed by atoms with Crippen molar-refractivity contribution in [3.8, 4) is 17.0 Å². The summed E-state index contributed by atoms with van der Waals surface area (Å²) in [4.78, 5) is 6.91. The quantitative estimate of drug-likeness (QED) is 0.751. The number of hydrogen-bond donors (Lipinski definition) is 1. The van der Waals surface area contributed by atoms with Crippen molar-refractivity contribution in [2.75, 3.05) is 13.7 Å². The second-order valence-corrected chi connectivity index (χ2v) is 6.97. The van der Waals surface area contributed by atoms with E-state index in [9.17, 15) is 5.11 Å². The van der Waals surface area contributed by atoms with E-state index in [1.54, 1.807) is 18.4 Å². The van der Waals surface area contributed by atoms with Crippen molar-refractivity contribution >= 4 is 17.0 Å². The molecule has 0 bridgehead atoms. The summed E-state index contributed by atoms with van der Waals surface area (Å²) in [6.45, 7) is 4.73. The van der Waals surface area contributed by atoms with Gasteiger partial charge in [0.25, 0.3) is 0 Å². The minimum atomic E-state index is 0.0697. The molecule has 4 nitrogen and oxygen atoms in total. The molecule has 130 valence electrons. The first-order chi connectivity index (χ1) is 12.1. The van der Waals surface area contributed by atoms with Gasteiger partial charge in [-0.2, -0.15) is 0 Å². The molecule has 2 aromatic carbocycles. The molecule has 0 saturated carbocycles. The highest BCUT2D eigenvalue weighted by molar-refractivity contribution is 7.09. The fourth-order valence-electron chi connectivity index (χ4n) is 2.82. The lowest BCUT2D eigenvalue weighted by atomic mass is 10.1. The number of ether oxygens (including phenoxy) is 1. The molecule has 0 unspecified atom stereocenters. The number of para-hydroxylation sites is 1. The molecular weight excluding hydrogens is 332 g/mol. The lowest BCUT2D eigenvalue weighted by Crippen LogP contribution is -2.18. The van der Waals surface area contributed by atoms with Crippen LogP contribution >= 0.6 is 11.3 Å². The monoisotopic (exact) mass is 354 g/mol. The van der Waals surface area contributed by atoms with Crippen molar-refractivity contribution < 1.29 is 9.84 Å². The van der Waals surface area contributed by atoms with Crippen LogP contribution in [0.5, 0.6) is 5.75 Å². The minimum Gasteiger partial charge on any atom is -0.497 e. The molecule has 5 heteroatoms. The number of methoxy groups -OCH3 is 1. The predicted octanol–water partition coefficient (Wildman–Crippen LogP) is 4.07. The number of aryl methyl sites for hydroxylation is 2. The number of benzene rings is 2. The summed E-state index contributed by atoms with van der Waals surface area (Å²) in [6.07, 6.45) is 0. The molecule has 0 aliphatic rings. The number of nitrogens with zero attached hydrogens (tertiary/aromatic N) is 2. The molecule has 0 saturated heterocycles. The molecular formula is C20H22N2O2S. The van der Waals surface area contributed by atoms with Gasteiger partial charge in [-0.15, -0.1) is 11.3 Å². The molecule has 1 aromatic heterocycles. The van der Waals surface area contributed by atoms with Gasteiger partial charge < -0.3 is 14.4 Å². The number of aliphatic hydroxyl groups is 1. The summed E-state index contributed by atoms with van der Waals surface area (Å²) in [7, 11) is 1.66. The molecule has 0 spiro atoms. The molecule has 0 fully saturated rings. The van der Waals surface area contributed by atoms with Gasteiger partial charge in [-0.05, 0) is 55.3 Å². The second-order valence-electron chi connectivity index (χ2n) is 5.79. The van der Waals surface area contributed by atoms with Crippen LogP contribution in [-0.2, 0) is 6.54 Å². The van der Waals surface area contributed by atoms with Gasteiger partial charge in [-0.3, -0.25) is 0 Å². The third kappa shape index (κ3) is 3.67. The third-order valence-corrected chi connectivity index (χ3v) is 5.09. The van der Waals surface area contributed by atoms with Gasteiger partial charge in [0.05, 0.1) is 25.1 Å². The Kier molecular flexibility index (Phi) is 5.36. The Morgan fingerprint density at radius 2 is 1.80 bits per heavy atom. The van der Waals surface area contributed by atoms with Crippen LogP contribution in [0.2, 0.25) is 0 Å². The number of aromatic nitrogens is 1. The zero-order chi connectivity index (χ0) is 17.8. The predicted molar refractivity (Wildman–Crippen MR) is 103 cm³/mol. The summed E-state index contributed by atoms with van der Waals surface area (Å²) in [5, 5.41) is 9.55. The van der Waals surface area contributed by atoms with E-state index in [0.717, 1.165) is 33.1 Å². The second kappa shape index (κ2) is 7.68. The van der Waals surface area contributed by atoms with Crippen molar-refractivity contribution in [1.82, 2.24) is 4.57 Å². The van der Waals surface area contributed by atoms with Crippen molar-refractivity contribution in [2.24, 2.45) is 4.99 Å². The normalized spacial score (nSPS) is 11.8. The van der Waals surface area contributed by atoms with Gasteiger partial charge in [0.15, 0.2) is 4.80 Å². The molecule has 1 N–H and O–H groups in total. The van der Waals surface area contributed by atoms with Crippen LogP contribution in [0.1, 0.15) is 10.4 Å². The van der Waals surface area contributed by atoms with E-state index < -0.39 is 0 Å². The van der Waals surface area contributed by atoms with Crippen LogP contribution in [0.15, 0.2) is 53.5 Å². The molecule has 3 rings (SSSR count). The van der Waals surface area contributed by atoms with Crippen LogP contribution in [-0.4, -0.2) is 23.4 Å². The lowest BCUT2D eigenvalue weighted by Gasteiger charge is -2.09. The minimum absolute atomic E-state index is 0.0697. The lowest BCUT2D eigenvalue weighted by molar-refractivity contribution is 0.275. The Balaban J connectivity index is 2.17. The SMILES string of the molecule is COc1ccc(-c2c(C)sc(=Nc3ccccc3C)n2CCO)cc1. The Hall–Kier alpha value is -2.37. The average molecular weight is 354 g/mol. The maximum absolute atomic E-state index is 9.55. The van der Waals surface area contributed by atoms with Crippen LogP contribution < -0.4 is 9.54 Å². The largest absolute Gasteiger partial charge is 0.497 e. The van der Waals surface area contributed by atoms with Gasteiger partial charge in [0, 0.05) is 11.4 Å². The van der Waals surface area contributed by atoms with E-state index >= 15 is 0 Å². The smallest absolute Gasteiger partial charge is 0.190 e. The Labute approximate surface area is 151 Å². The van der Waals surface area contributed by atoms with E-state index in [1.807, 2.05) is 42.5 Å². The van der Waals surface area contributed by atoms with Gasteiger partial charge >= 0.3 is 0 Å². The number of rotatable bonds is 5. The molecule has 0 atom stereocenters. The highest BCUT2D eigenvalue weighted by Crippen LogP contribution is 2.27. The molecule has 0 amide bonds. The molecule has 25 heavy (non-hydrogen) atoms. The Morgan fingerprint density at radius 3 is 2.44 bits per heavy atom. The summed E-state index contributed by atoms with van der Waals surface area (Å²) in [5.41, 5.74) is 4.27. The zero-order valence-corrected chi connectivity index (χ0v) is 15.5. The summed E-state index contributed by atoms with van der Waals surface area (Å²) < 4.78 is 7.34. The highest BCUT2D eigenvalue weighted by Gasteiger charge is 2.13. The van der Waals surface area contributed by atoms with Gasteiger partial charge in [0.2, 0.25) is 0 Å². The van der Waals surface area contributed by atoms with Crippen molar-refractivity contribution in [3.63, 3.8) is 0 Å². The molecule has 1 heterocycles. The summed E-state index contributed by atoms with van der Waals surface area (Å²) in [6, 6.07) is 16.1. The first kappa shape index (κ1) is 17.5.